The molecule has 0 unspecified atom stereocenters. The fourth-order valence-corrected chi connectivity index (χ4v) is 1.95. The van der Waals surface area contributed by atoms with E-state index in [1.54, 1.807) is 24.3 Å². The van der Waals surface area contributed by atoms with E-state index in [0.717, 1.165) is 0 Å². The predicted octanol–water partition coefficient (Wildman–Crippen LogP) is 3.33. The van der Waals surface area contributed by atoms with Gasteiger partial charge in [-0.15, -0.1) is 0 Å². The van der Waals surface area contributed by atoms with Crippen LogP contribution < -0.4 is 15.8 Å². The number of nitrogen functional groups attached to an aromatic ring is 1. The van der Waals surface area contributed by atoms with Crippen LogP contribution in [-0.2, 0) is 0 Å². The Labute approximate surface area is 134 Å². The third kappa shape index (κ3) is 4.08. The van der Waals surface area contributed by atoms with E-state index in [0.29, 0.717) is 22.2 Å². The first-order chi connectivity index (χ1) is 10.3. The molecule has 1 heterocycles. The van der Waals surface area contributed by atoms with Crippen molar-refractivity contribution in [3.05, 3.63) is 41.2 Å². The SMILES string of the molecule is CC(C)(C)Nc1ncnc(N)c1C(=N)Oc1cccc(Cl)c1. The lowest BCUT2D eigenvalue weighted by atomic mass is 10.1. The fraction of sp³-hybridized carbons (Fsp3) is 0.267. The quantitative estimate of drug-likeness (QED) is 0.595. The van der Waals surface area contributed by atoms with Gasteiger partial charge in [0.2, 0.25) is 5.90 Å². The van der Waals surface area contributed by atoms with Crippen LogP contribution in [0.1, 0.15) is 26.3 Å². The van der Waals surface area contributed by atoms with Crippen molar-refractivity contribution in [3.8, 4) is 5.75 Å². The molecule has 1 aromatic carbocycles. The molecule has 0 aliphatic heterocycles. The van der Waals surface area contributed by atoms with Crippen LogP contribution in [0, 0.1) is 5.41 Å². The van der Waals surface area contributed by atoms with Crippen LogP contribution in [0.15, 0.2) is 30.6 Å². The molecule has 0 bridgehead atoms. The summed E-state index contributed by atoms with van der Waals surface area (Å²) in [4.78, 5) is 8.09. The molecule has 2 aromatic rings. The van der Waals surface area contributed by atoms with E-state index in [1.165, 1.54) is 6.33 Å². The van der Waals surface area contributed by atoms with Crippen molar-refractivity contribution in [2.24, 2.45) is 0 Å². The Morgan fingerprint density at radius 3 is 2.68 bits per heavy atom. The van der Waals surface area contributed by atoms with Crippen molar-refractivity contribution in [1.82, 2.24) is 9.97 Å². The van der Waals surface area contributed by atoms with Gasteiger partial charge in [-0.3, -0.25) is 5.41 Å². The van der Waals surface area contributed by atoms with Gasteiger partial charge in [0.25, 0.3) is 0 Å². The summed E-state index contributed by atoms with van der Waals surface area (Å²) in [7, 11) is 0. The van der Waals surface area contributed by atoms with Gasteiger partial charge in [0, 0.05) is 10.6 Å². The lowest BCUT2D eigenvalue weighted by Gasteiger charge is -2.23. The summed E-state index contributed by atoms with van der Waals surface area (Å²) in [6.07, 6.45) is 1.35. The third-order valence-corrected chi connectivity index (χ3v) is 2.85. The molecule has 0 saturated heterocycles. The molecule has 0 atom stereocenters. The molecule has 0 radical (unpaired) electrons. The average molecular weight is 320 g/mol. The Hall–Kier alpha value is -2.34. The monoisotopic (exact) mass is 319 g/mol. The molecule has 0 aliphatic carbocycles. The normalized spacial score (nSPS) is 11.1. The first-order valence-corrected chi connectivity index (χ1v) is 7.05. The maximum absolute atomic E-state index is 8.16. The van der Waals surface area contributed by atoms with Gasteiger partial charge < -0.3 is 15.8 Å². The number of aromatic nitrogens is 2. The van der Waals surface area contributed by atoms with Crippen LogP contribution in [0.4, 0.5) is 11.6 Å². The van der Waals surface area contributed by atoms with E-state index in [2.05, 4.69) is 15.3 Å². The highest BCUT2D eigenvalue weighted by molar-refractivity contribution is 6.30. The predicted molar refractivity (Wildman–Crippen MR) is 88.7 cm³/mol. The summed E-state index contributed by atoms with van der Waals surface area (Å²) in [5.74, 6) is 0.926. The van der Waals surface area contributed by atoms with Gasteiger partial charge in [0.05, 0.1) is 0 Å². The molecule has 2 rings (SSSR count). The lowest BCUT2D eigenvalue weighted by molar-refractivity contribution is 0.547. The van der Waals surface area contributed by atoms with Gasteiger partial charge in [0.1, 0.15) is 29.3 Å². The van der Waals surface area contributed by atoms with Gasteiger partial charge in [-0.1, -0.05) is 17.7 Å². The molecule has 7 heteroatoms. The van der Waals surface area contributed by atoms with Crippen molar-refractivity contribution in [2.75, 3.05) is 11.1 Å². The summed E-state index contributed by atoms with van der Waals surface area (Å²) in [6, 6.07) is 6.79. The van der Waals surface area contributed by atoms with Crippen LogP contribution in [-0.4, -0.2) is 21.4 Å². The number of nitrogens with two attached hydrogens (primary N) is 1. The summed E-state index contributed by atoms with van der Waals surface area (Å²) in [5.41, 5.74) is 5.96. The molecule has 6 nitrogen and oxygen atoms in total. The van der Waals surface area contributed by atoms with E-state index in [-0.39, 0.29) is 17.3 Å². The Kier molecular flexibility index (Phi) is 4.51. The Bertz CT molecular complexity index is 697. The molecule has 0 aliphatic rings. The minimum absolute atomic E-state index is 0.146. The van der Waals surface area contributed by atoms with E-state index < -0.39 is 0 Å². The average Bonchev–Trinajstić information content (AvgIpc) is 2.36. The minimum atomic E-state index is -0.244. The van der Waals surface area contributed by atoms with E-state index in [4.69, 9.17) is 27.5 Å². The number of hydrogen-bond donors (Lipinski definition) is 3. The van der Waals surface area contributed by atoms with Gasteiger partial charge in [-0.2, -0.15) is 0 Å². The topological polar surface area (TPSA) is 96.9 Å². The Morgan fingerprint density at radius 1 is 1.32 bits per heavy atom. The molecule has 0 spiro atoms. The Morgan fingerprint density at radius 2 is 2.05 bits per heavy atom. The molecule has 116 valence electrons. The van der Waals surface area contributed by atoms with Crippen molar-refractivity contribution in [3.63, 3.8) is 0 Å². The van der Waals surface area contributed by atoms with E-state index in [9.17, 15) is 0 Å². The maximum atomic E-state index is 8.16. The smallest absolute Gasteiger partial charge is 0.226 e. The molecule has 4 N–H and O–H groups in total. The molecular formula is C15H18ClN5O. The molecule has 0 amide bonds. The zero-order valence-corrected chi connectivity index (χ0v) is 13.4. The van der Waals surface area contributed by atoms with Gasteiger partial charge in [-0.25, -0.2) is 9.97 Å². The number of nitrogens with zero attached hydrogens (tertiary/aromatic N) is 2. The summed E-state index contributed by atoms with van der Waals surface area (Å²) >= 11 is 5.91. The van der Waals surface area contributed by atoms with Crippen molar-refractivity contribution < 1.29 is 4.74 Å². The van der Waals surface area contributed by atoms with Crippen LogP contribution in [0.2, 0.25) is 5.02 Å². The number of benzene rings is 1. The maximum Gasteiger partial charge on any atom is 0.226 e. The van der Waals surface area contributed by atoms with Crippen LogP contribution in [0.3, 0.4) is 0 Å². The second kappa shape index (κ2) is 6.19. The summed E-state index contributed by atoms with van der Waals surface area (Å²) in [6.45, 7) is 5.95. The highest BCUT2D eigenvalue weighted by Crippen LogP contribution is 2.24. The van der Waals surface area contributed by atoms with Crippen molar-refractivity contribution in [2.45, 2.75) is 26.3 Å². The largest absolute Gasteiger partial charge is 0.439 e. The van der Waals surface area contributed by atoms with Crippen molar-refractivity contribution >= 4 is 29.1 Å². The summed E-state index contributed by atoms with van der Waals surface area (Å²) in [5, 5.41) is 11.9. The number of rotatable bonds is 3. The molecule has 22 heavy (non-hydrogen) atoms. The first kappa shape index (κ1) is 16.0. The number of hydrogen-bond acceptors (Lipinski definition) is 6. The van der Waals surface area contributed by atoms with Crippen molar-refractivity contribution in [1.29, 1.82) is 5.41 Å². The second-order valence-corrected chi connectivity index (χ2v) is 6.18. The highest BCUT2D eigenvalue weighted by atomic mass is 35.5. The third-order valence-electron chi connectivity index (χ3n) is 2.61. The van der Waals surface area contributed by atoms with Gasteiger partial charge in [0.15, 0.2) is 0 Å². The molecule has 0 saturated carbocycles. The molecule has 0 fully saturated rings. The van der Waals surface area contributed by atoms with Gasteiger partial charge in [-0.05, 0) is 39.0 Å². The standard InChI is InChI=1S/C15H18ClN5O/c1-15(2,3)21-14-11(12(17)19-8-20-14)13(18)22-10-6-4-5-9(16)7-10/h4-8,18H,1-3H3,(H3,17,19,20,21). The van der Waals surface area contributed by atoms with E-state index in [1.807, 2.05) is 20.8 Å². The van der Waals surface area contributed by atoms with Crippen LogP contribution >= 0.6 is 11.6 Å². The zero-order chi connectivity index (χ0) is 16.3. The number of nitrogens with one attached hydrogen (secondary N) is 2. The molecular weight excluding hydrogens is 302 g/mol. The molecule has 1 aromatic heterocycles. The fourth-order valence-electron chi connectivity index (χ4n) is 1.77. The minimum Gasteiger partial charge on any atom is -0.439 e. The Balaban J connectivity index is 2.32. The summed E-state index contributed by atoms with van der Waals surface area (Å²) < 4.78 is 5.52. The van der Waals surface area contributed by atoms with Crippen LogP contribution in [0.5, 0.6) is 5.75 Å². The first-order valence-electron chi connectivity index (χ1n) is 6.67. The number of halogens is 1. The second-order valence-electron chi connectivity index (χ2n) is 5.75. The van der Waals surface area contributed by atoms with Gasteiger partial charge >= 0.3 is 0 Å². The lowest BCUT2D eigenvalue weighted by Crippen LogP contribution is -2.29. The van der Waals surface area contributed by atoms with Crippen LogP contribution in [0.25, 0.3) is 0 Å². The zero-order valence-electron chi connectivity index (χ0n) is 12.6. The van der Waals surface area contributed by atoms with E-state index >= 15 is 0 Å². The highest BCUT2D eigenvalue weighted by Gasteiger charge is 2.20. The number of anilines is 2. The number of ether oxygens (including phenoxy) is 1.